The van der Waals surface area contributed by atoms with Gasteiger partial charge in [0.2, 0.25) is 0 Å². The molecule has 2 atom stereocenters. The van der Waals surface area contributed by atoms with Gasteiger partial charge in [-0.1, -0.05) is 60.1 Å². The predicted molar refractivity (Wildman–Crippen MR) is 152 cm³/mol. The molecule has 8 nitrogen and oxygen atoms in total. The molecule has 0 fully saturated rings. The highest BCUT2D eigenvalue weighted by atomic mass is 35.5. The minimum atomic E-state index is -4.96. The highest BCUT2D eigenvalue weighted by Gasteiger charge is 2.41. The van der Waals surface area contributed by atoms with E-state index < -0.39 is 39.0 Å². The summed E-state index contributed by atoms with van der Waals surface area (Å²) in [6, 6.07) is 20.7. The Morgan fingerprint density at radius 2 is 1.63 bits per heavy atom. The van der Waals surface area contributed by atoms with Crippen LogP contribution in [0.2, 0.25) is 0 Å². The zero-order chi connectivity index (χ0) is 31.3. The zero-order valence-electron chi connectivity index (χ0n) is 22.2. The monoisotopic (exact) mass is 632 g/mol. The van der Waals surface area contributed by atoms with E-state index in [9.17, 15) is 36.3 Å². The second-order valence-electron chi connectivity index (χ2n) is 9.41. The summed E-state index contributed by atoms with van der Waals surface area (Å²) < 4.78 is 70.4. The Morgan fingerprint density at radius 1 is 0.977 bits per heavy atom. The van der Waals surface area contributed by atoms with Gasteiger partial charge in [0, 0.05) is 18.8 Å². The number of aromatic nitrogens is 1. The fourth-order valence-electron chi connectivity index (χ4n) is 4.56. The van der Waals surface area contributed by atoms with Gasteiger partial charge < -0.3 is 14.6 Å². The van der Waals surface area contributed by atoms with Gasteiger partial charge in [-0.05, 0) is 65.6 Å². The summed E-state index contributed by atoms with van der Waals surface area (Å²) in [6.45, 7) is 0. The van der Waals surface area contributed by atoms with Crippen LogP contribution in [0.5, 0.6) is 5.75 Å². The number of ether oxygens (including phenoxy) is 1. The molecule has 2 unspecified atom stereocenters. The fourth-order valence-corrected chi connectivity index (χ4v) is 6.61. The summed E-state index contributed by atoms with van der Waals surface area (Å²) in [4.78, 5) is 27.9. The first-order valence-electron chi connectivity index (χ1n) is 12.6. The van der Waals surface area contributed by atoms with E-state index in [2.05, 4.69) is 9.72 Å². The predicted octanol–water partition coefficient (Wildman–Crippen LogP) is 6.27. The molecule has 0 bridgehead atoms. The number of halogens is 4. The molecule has 0 aliphatic heterocycles. The molecular formula is C30H24ClF3N2O6S. The van der Waals surface area contributed by atoms with Crippen molar-refractivity contribution in [2.45, 2.75) is 35.0 Å². The van der Waals surface area contributed by atoms with E-state index in [-0.39, 0.29) is 29.0 Å². The van der Waals surface area contributed by atoms with Crippen molar-refractivity contribution in [2.24, 2.45) is 0 Å². The van der Waals surface area contributed by atoms with Crippen molar-refractivity contribution >= 4 is 39.6 Å². The average Bonchev–Trinajstić information content (AvgIpc) is 2.97. The third-order valence-electron chi connectivity index (χ3n) is 6.64. The Kier molecular flexibility index (Phi) is 9.41. The number of hydrogen-bond donors (Lipinski definition) is 1. The highest BCUT2D eigenvalue weighted by molar-refractivity contribution is 7.93. The number of sulfonamides is 1. The van der Waals surface area contributed by atoms with Crippen molar-refractivity contribution < 1.29 is 41.0 Å². The number of hydrogen-bond acceptors (Lipinski definition) is 6. The normalized spacial score (nSPS) is 13.9. The smallest absolute Gasteiger partial charge is 0.481 e. The second kappa shape index (κ2) is 12.8. The van der Waals surface area contributed by atoms with E-state index in [1.165, 1.54) is 36.7 Å². The number of carboxylic acid groups (broad SMARTS) is 1. The molecule has 43 heavy (non-hydrogen) atoms. The standard InChI is InChI=1S/C30H24ClF3N2O6S/c31-27(22-6-2-1-3-7-22)36(43(40,41)26-14-12-25(13-15-26)42-30(32,33)34)24-10-8-23(9-11-24)29(16-18-37,28(38)39)19-21-5-4-17-35-20-21/h1-15,17-18,20,27H,16,19H2,(H,38,39). The lowest BCUT2D eigenvalue weighted by Gasteiger charge is -2.31. The van der Waals surface area contributed by atoms with Gasteiger partial charge in [-0.25, -0.2) is 12.7 Å². The van der Waals surface area contributed by atoms with Crippen molar-refractivity contribution in [1.82, 2.24) is 4.98 Å². The SMILES string of the molecule is O=CCC(Cc1cccnc1)(C(=O)O)c1ccc(N(C(Cl)c2ccccc2)S(=O)(=O)c2ccc(OC(F)(F)F)cc2)cc1. The minimum Gasteiger partial charge on any atom is -0.481 e. The van der Waals surface area contributed by atoms with Gasteiger partial charge in [0.15, 0.2) is 0 Å². The van der Waals surface area contributed by atoms with Crippen molar-refractivity contribution in [3.8, 4) is 5.75 Å². The van der Waals surface area contributed by atoms with Crippen LogP contribution in [0.1, 0.15) is 28.6 Å². The van der Waals surface area contributed by atoms with Crippen molar-refractivity contribution in [3.05, 3.63) is 120 Å². The molecule has 4 rings (SSSR count). The summed E-state index contributed by atoms with van der Waals surface area (Å²) in [5.41, 5.74) is -1.75. The first kappa shape index (κ1) is 31.5. The number of aliphatic carboxylic acids is 1. The van der Waals surface area contributed by atoms with Crippen LogP contribution in [0, 0.1) is 0 Å². The molecule has 1 N–H and O–H groups in total. The maximum Gasteiger partial charge on any atom is 0.573 e. The summed E-state index contributed by atoms with van der Waals surface area (Å²) in [7, 11) is -4.50. The van der Waals surface area contributed by atoms with E-state index in [0.717, 1.165) is 28.6 Å². The van der Waals surface area contributed by atoms with Gasteiger partial charge in [-0.2, -0.15) is 0 Å². The van der Waals surface area contributed by atoms with Crippen molar-refractivity contribution in [2.75, 3.05) is 4.31 Å². The number of carboxylic acids is 1. The third-order valence-corrected chi connectivity index (χ3v) is 9.01. The molecule has 0 radical (unpaired) electrons. The molecule has 0 aliphatic rings. The summed E-state index contributed by atoms with van der Waals surface area (Å²) >= 11 is 6.72. The lowest BCUT2D eigenvalue weighted by molar-refractivity contribution is -0.274. The van der Waals surface area contributed by atoms with Gasteiger partial charge in [-0.15, -0.1) is 13.2 Å². The number of nitrogens with zero attached hydrogens (tertiary/aromatic N) is 2. The molecule has 0 amide bonds. The quantitative estimate of drug-likeness (QED) is 0.111. The zero-order valence-corrected chi connectivity index (χ0v) is 23.8. The van der Waals surface area contributed by atoms with E-state index in [1.807, 2.05) is 0 Å². The Labute approximate surface area is 250 Å². The molecule has 0 spiro atoms. The molecule has 13 heteroatoms. The summed E-state index contributed by atoms with van der Waals surface area (Å²) in [5, 5.41) is 10.3. The van der Waals surface area contributed by atoms with E-state index in [1.54, 1.807) is 42.5 Å². The highest BCUT2D eigenvalue weighted by Crippen LogP contribution is 2.39. The Hall–Kier alpha value is -4.42. The van der Waals surface area contributed by atoms with E-state index in [4.69, 9.17) is 11.6 Å². The Bertz CT molecular complexity index is 1660. The molecule has 1 heterocycles. The molecule has 224 valence electrons. The fraction of sp³-hybridized carbons (Fsp3) is 0.167. The first-order valence-corrected chi connectivity index (χ1v) is 14.5. The van der Waals surface area contributed by atoms with Gasteiger partial charge in [0.05, 0.1) is 10.6 Å². The molecule has 1 aromatic heterocycles. The number of benzene rings is 3. The van der Waals surface area contributed by atoms with Crippen LogP contribution in [-0.4, -0.2) is 37.1 Å². The van der Waals surface area contributed by atoms with E-state index >= 15 is 0 Å². The first-order chi connectivity index (χ1) is 20.4. The number of pyridine rings is 1. The van der Waals surface area contributed by atoms with Crippen LogP contribution in [0.15, 0.2) is 108 Å². The maximum absolute atomic E-state index is 13.9. The molecule has 4 aromatic rings. The molecule has 3 aromatic carbocycles. The Morgan fingerprint density at radius 3 is 2.16 bits per heavy atom. The molecule has 0 saturated heterocycles. The number of alkyl halides is 4. The van der Waals surface area contributed by atoms with Crippen LogP contribution in [0.25, 0.3) is 0 Å². The van der Waals surface area contributed by atoms with E-state index in [0.29, 0.717) is 17.4 Å². The summed E-state index contributed by atoms with van der Waals surface area (Å²) in [5.74, 6) is -1.87. The topological polar surface area (TPSA) is 114 Å². The lowest BCUT2D eigenvalue weighted by atomic mass is 9.73. The van der Waals surface area contributed by atoms with Gasteiger partial charge in [-0.3, -0.25) is 9.78 Å². The van der Waals surface area contributed by atoms with Crippen molar-refractivity contribution in [3.63, 3.8) is 0 Å². The lowest BCUT2D eigenvalue weighted by Crippen LogP contribution is -2.39. The number of aldehydes is 1. The number of carbonyl (C=O) groups excluding carboxylic acids is 1. The van der Waals surface area contributed by atoms with Gasteiger partial charge in [0.1, 0.15) is 23.0 Å². The number of rotatable bonds is 12. The molecule has 0 saturated carbocycles. The third kappa shape index (κ3) is 7.15. The molecule has 0 aliphatic carbocycles. The number of carbonyl (C=O) groups is 2. The van der Waals surface area contributed by atoms with Crippen LogP contribution in [0.4, 0.5) is 18.9 Å². The summed E-state index contributed by atoms with van der Waals surface area (Å²) in [6.07, 6.45) is -1.87. The van der Waals surface area contributed by atoms with Crippen molar-refractivity contribution in [1.29, 1.82) is 0 Å². The minimum absolute atomic E-state index is 0.0370. The maximum atomic E-state index is 13.9. The second-order valence-corrected chi connectivity index (χ2v) is 11.6. The number of anilines is 1. The van der Waals surface area contributed by atoms with Gasteiger partial charge in [0.25, 0.3) is 10.0 Å². The average molecular weight is 633 g/mol. The van der Waals surface area contributed by atoms with Gasteiger partial charge >= 0.3 is 12.3 Å². The van der Waals surface area contributed by atoms with Crippen LogP contribution in [0.3, 0.4) is 0 Å². The van der Waals surface area contributed by atoms with Crippen LogP contribution in [-0.2, 0) is 31.4 Å². The largest absolute Gasteiger partial charge is 0.573 e. The molecular weight excluding hydrogens is 609 g/mol. The Balaban J connectivity index is 1.79. The van der Waals surface area contributed by atoms with Crippen LogP contribution < -0.4 is 9.04 Å². The van der Waals surface area contributed by atoms with Crippen LogP contribution >= 0.6 is 11.6 Å².